The second kappa shape index (κ2) is 7.49. The smallest absolute Gasteiger partial charge is 0.0536 e. The van der Waals surface area contributed by atoms with Gasteiger partial charge in [-0.2, -0.15) is 0 Å². The summed E-state index contributed by atoms with van der Waals surface area (Å²) in [4.78, 5) is 2.50. The zero-order chi connectivity index (χ0) is 22.6. The molecule has 6 rings (SSSR count). The van der Waals surface area contributed by atoms with E-state index in [9.17, 15) is 0 Å². The number of hydrogen-bond acceptors (Lipinski definition) is 1. The van der Waals surface area contributed by atoms with Crippen molar-refractivity contribution in [3.63, 3.8) is 0 Å². The number of nitrogens with zero attached hydrogens (tertiary/aromatic N) is 1. The highest BCUT2D eigenvalue weighted by Gasteiger charge is 2.38. The molecule has 1 aliphatic carbocycles. The highest BCUT2D eigenvalue weighted by molar-refractivity contribution is 5.99. The molecule has 1 heterocycles. The minimum Gasteiger partial charge on any atom is -0.309 e. The lowest BCUT2D eigenvalue weighted by Crippen LogP contribution is -2.31. The van der Waals surface area contributed by atoms with Crippen molar-refractivity contribution >= 4 is 40.0 Å². The summed E-state index contributed by atoms with van der Waals surface area (Å²) in [6.45, 7) is 6.83. The van der Waals surface area contributed by atoms with Gasteiger partial charge in [-0.25, -0.2) is 0 Å². The molecule has 1 heteroatoms. The standard InChI is InChI=1S/C32H29N/c1-4-10-22-17-19-26-24(21-22)18-20-30-31(26)32(2,3)27-14-7-8-15-29(27)33(30)28-16-9-12-23-11-5-6-13-25(23)28/h4,6-10,12-21H,5,11H2,1-3H3. The zero-order valence-electron chi connectivity index (χ0n) is 19.6. The van der Waals surface area contributed by atoms with Gasteiger partial charge in [0.25, 0.3) is 0 Å². The van der Waals surface area contributed by atoms with Crippen molar-refractivity contribution in [1.82, 2.24) is 0 Å². The van der Waals surface area contributed by atoms with E-state index in [0.717, 1.165) is 12.8 Å². The van der Waals surface area contributed by atoms with E-state index in [1.807, 2.05) is 0 Å². The van der Waals surface area contributed by atoms with Crippen LogP contribution in [0.25, 0.3) is 22.9 Å². The lowest BCUT2D eigenvalue weighted by atomic mass is 9.71. The van der Waals surface area contributed by atoms with Crippen LogP contribution in [0.4, 0.5) is 17.1 Å². The number of fused-ring (bicyclic) bond motifs is 5. The number of rotatable bonds is 2. The Morgan fingerprint density at radius 2 is 1.70 bits per heavy atom. The van der Waals surface area contributed by atoms with E-state index in [4.69, 9.17) is 0 Å². The lowest BCUT2D eigenvalue weighted by Gasteiger charge is -2.43. The molecular weight excluding hydrogens is 398 g/mol. The summed E-state index contributed by atoms with van der Waals surface area (Å²) >= 11 is 0. The Labute approximate surface area is 196 Å². The summed E-state index contributed by atoms with van der Waals surface area (Å²) in [5.41, 5.74) is 10.6. The van der Waals surface area contributed by atoms with Crippen LogP contribution in [0.3, 0.4) is 0 Å². The average Bonchev–Trinajstić information content (AvgIpc) is 2.84. The van der Waals surface area contributed by atoms with Crippen molar-refractivity contribution < 1.29 is 0 Å². The van der Waals surface area contributed by atoms with Gasteiger partial charge in [0.1, 0.15) is 0 Å². The van der Waals surface area contributed by atoms with Gasteiger partial charge in [0.05, 0.1) is 17.1 Å². The first-order valence-corrected chi connectivity index (χ1v) is 12.0. The predicted molar refractivity (Wildman–Crippen MR) is 143 cm³/mol. The quantitative estimate of drug-likeness (QED) is 0.308. The molecule has 4 aromatic rings. The Bertz CT molecular complexity index is 1450. The van der Waals surface area contributed by atoms with E-state index in [1.54, 1.807) is 0 Å². The van der Waals surface area contributed by atoms with Crippen LogP contribution in [-0.2, 0) is 11.8 Å². The van der Waals surface area contributed by atoms with Crippen LogP contribution in [0.5, 0.6) is 0 Å². The highest BCUT2D eigenvalue weighted by Crippen LogP contribution is 2.54. The summed E-state index contributed by atoms with van der Waals surface area (Å²) in [5.74, 6) is 0. The number of anilines is 3. The molecule has 0 spiro atoms. The van der Waals surface area contributed by atoms with E-state index in [0.29, 0.717) is 0 Å². The second-order valence-electron chi connectivity index (χ2n) is 9.71. The van der Waals surface area contributed by atoms with E-state index in [2.05, 4.69) is 123 Å². The zero-order valence-corrected chi connectivity index (χ0v) is 19.6. The molecule has 1 aliphatic heterocycles. The Morgan fingerprint density at radius 3 is 2.58 bits per heavy atom. The maximum atomic E-state index is 2.50. The molecule has 0 bridgehead atoms. The minimum atomic E-state index is -0.102. The molecule has 0 saturated carbocycles. The van der Waals surface area contributed by atoms with Crippen LogP contribution in [0.2, 0.25) is 0 Å². The summed E-state index contributed by atoms with van der Waals surface area (Å²) < 4.78 is 0. The van der Waals surface area contributed by atoms with Crippen molar-refractivity contribution in [2.75, 3.05) is 4.90 Å². The molecule has 162 valence electrons. The third-order valence-corrected chi connectivity index (χ3v) is 7.34. The van der Waals surface area contributed by atoms with Gasteiger partial charge in [-0.05, 0) is 77.1 Å². The van der Waals surface area contributed by atoms with Crippen molar-refractivity contribution in [1.29, 1.82) is 0 Å². The topological polar surface area (TPSA) is 3.24 Å². The van der Waals surface area contributed by atoms with Crippen LogP contribution < -0.4 is 4.90 Å². The molecular formula is C32H29N. The molecule has 2 aliphatic rings. The van der Waals surface area contributed by atoms with Crippen molar-refractivity contribution in [3.8, 4) is 0 Å². The molecule has 0 aromatic heterocycles. The average molecular weight is 428 g/mol. The summed E-state index contributed by atoms with van der Waals surface area (Å²) in [5, 5.41) is 2.64. The summed E-state index contributed by atoms with van der Waals surface area (Å²) in [6.07, 6.45) is 11.1. The van der Waals surface area contributed by atoms with Crippen LogP contribution in [-0.4, -0.2) is 0 Å². The SMILES string of the molecule is CC=Cc1ccc2c3c(ccc2c1)N(c1cccc2c1C=CCC2)c1ccccc1C3(C)C. The second-order valence-corrected chi connectivity index (χ2v) is 9.71. The first kappa shape index (κ1) is 20.1. The highest BCUT2D eigenvalue weighted by atomic mass is 15.2. The predicted octanol–water partition coefficient (Wildman–Crippen LogP) is 8.94. The van der Waals surface area contributed by atoms with E-state index in [-0.39, 0.29) is 5.41 Å². The van der Waals surface area contributed by atoms with Gasteiger partial charge < -0.3 is 4.90 Å². The molecule has 0 saturated heterocycles. The minimum absolute atomic E-state index is 0.102. The van der Waals surface area contributed by atoms with Crippen LogP contribution >= 0.6 is 0 Å². The Hall–Kier alpha value is -3.58. The number of benzene rings is 4. The fourth-order valence-electron chi connectivity index (χ4n) is 5.84. The molecule has 1 nitrogen and oxygen atoms in total. The van der Waals surface area contributed by atoms with Crippen molar-refractivity contribution in [3.05, 3.63) is 113 Å². The molecule has 0 amide bonds. The largest absolute Gasteiger partial charge is 0.309 e. The van der Waals surface area contributed by atoms with Gasteiger partial charge in [0, 0.05) is 11.0 Å². The van der Waals surface area contributed by atoms with Gasteiger partial charge in [-0.15, -0.1) is 0 Å². The molecule has 0 fully saturated rings. The fraction of sp³-hybridized carbons (Fsp3) is 0.188. The van der Waals surface area contributed by atoms with E-state index in [1.165, 1.54) is 55.7 Å². The van der Waals surface area contributed by atoms with Crippen LogP contribution in [0.15, 0.2) is 84.9 Å². The van der Waals surface area contributed by atoms with Crippen molar-refractivity contribution in [2.24, 2.45) is 0 Å². The first-order valence-electron chi connectivity index (χ1n) is 12.0. The van der Waals surface area contributed by atoms with E-state index < -0.39 is 0 Å². The molecule has 0 atom stereocenters. The van der Waals surface area contributed by atoms with Crippen LogP contribution in [0.1, 0.15) is 55.0 Å². The Morgan fingerprint density at radius 1 is 0.848 bits per heavy atom. The fourth-order valence-corrected chi connectivity index (χ4v) is 5.84. The summed E-state index contributed by atoms with van der Waals surface area (Å²) in [6, 6.07) is 27.2. The monoisotopic (exact) mass is 427 g/mol. The maximum absolute atomic E-state index is 2.50. The third kappa shape index (κ3) is 2.99. The van der Waals surface area contributed by atoms with Gasteiger partial charge in [0.15, 0.2) is 0 Å². The molecule has 4 aromatic carbocycles. The van der Waals surface area contributed by atoms with Gasteiger partial charge in [-0.3, -0.25) is 0 Å². The molecule has 33 heavy (non-hydrogen) atoms. The van der Waals surface area contributed by atoms with Gasteiger partial charge >= 0.3 is 0 Å². The Kier molecular flexibility index (Phi) is 4.55. The molecule has 0 radical (unpaired) electrons. The maximum Gasteiger partial charge on any atom is 0.0536 e. The first-order chi connectivity index (χ1) is 16.1. The normalized spacial score (nSPS) is 16.0. The third-order valence-electron chi connectivity index (χ3n) is 7.34. The van der Waals surface area contributed by atoms with Gasteiger partial charge in [0.2, 0.25) is 0 Å². The number of para-hydroxylation sites is 1. The molecule has 0 N–H and O–H groups in total. The number of allylic oxidation sites excluding steroid dienone is 2. The summed E-state index contributed by atoms with van der Waals surface area (Å²) in [7, 11) is 0. The molecule has 0 unspecified atom stereocenters. The lowest BCUT2D eigenvalue weighted by molar-refractivity contribution is 0.638. The van der Waals surface area contributed by atoms with Gasteiger partial charge in [-0.1, -0.05) is 86.7 Å². The number of aryl methyl sites for hydroxylation is 1. The van der Waals surface area contributed by atoms with E-state index >= 15 is 0 Å². The van der Waals surface area contributed by atoms with Crippen molar-refractivity contribution in [2.45, 2.75) is 39.0 Å². The van der Waals surface area contributed by atoms with Crippen LogP contribution in [0, 0.1) is 0 Å². The number of hydrogen-bond donors (Lipinski definition) is 0. The Balaban J connectivity index is 1.69.